The first-order valence-electron chi connectivity index (χ1n) is 20.2. The number of fused-ring (bicyclic) bond motifs is 7. The van der Waals surface area contributed by atoms with E-state index in [1.165, 1.54) is 130 Å². The maximum atomic E-state index is 9.77. The smallest absolute Gasteiger partial charge is 0.0991 e. The van der Waals surface area contributed by atoms with Crippen LogP contribution in [0, 0.1) is 25.2 Å². The molecule has 13 rings (SSSR count). The molecule has 0 aliphatic carbocycles. The van der Waals surface area contributed by atoms with Crippen molar-refractivity contribution in [1.82, 2.24) is 0 Å². The van der Waals surface area contributed by atoms with Gasteiger partial charge in [0.15, 0.2) is 0 Å². The second kappa shape index (κ2) is 11.3. The van der Waals surface area contributed by atoms with Crippen LogP contribution in [0.1, 0.15) is 16.7 Å². The standard InChI is InChI=1S/C57H33N/c1-31-25-33(30-58)26-32(2)49(31)40-23-24-43-54-39(40)17-10-18-42(54)56-51(34-11-5-3-6-12-34)48-29-45-44(28-47(48)52(57(43)56)35-13-7-4-8-14-35)41-22-21-37-20-19-36-15-9-16-38-27-46(45)55(41)53(37)50(36)38/h3-29H,1-2H3. The van der Waals surface area contributed by atoms with Gasteiger partial charge in [0.1, 0.15) is 0 Å². The topological polar surface area (TPSA) is 23.8 Å². The number of hydrogen-bond acceptors (Lipinski definition) is 1. The average Bonchev–Trinajstić information content (AvgIpc) is 3.76. The predicted octanol–water partition coefficient (Wildman–Crippen LogP) is 15.9. The second-order valence-corrected chi connectivity index (χ2v) is 16.3. The Morgan fingerprint density at radius 3 is 1.55 bits per heavy atom. The van der Waals surface area contributed by atoms with Crippen molar-refractivity contribution < 1.29 is 0 Å². The van der Waals surface area contributed by atoms with Crippen LogP contribution in [0.4, 0.5) is 0 Å². The van der Waals surface area contributed by atoms with E-state index in [1.54, 1.807) is 0 Å². The highest BCUT2D eigenvalue weighted by Crippen LogP contribution is 2.55. The number of hydrogen-bond donors (Lipinski definition) is 0. The third-order valence-electron chi connectivity index (χ3n) is 13.3. The Hall–Kier alpha value is -7.53. The van der Waals surface area contributed by atoms with Crippen molar-refractivity contribution in [3.05, 3.63) is 180 Å². The summed E-state index contributed by atoms with van der Waals surface area (Å²) in [6.07, 6.45) is 0. The summed E-state index contributed by atoms with van der Waals surface area (Å²) in [5.74, 6) is 0. The molecule has 0 aliphatic heterocycles. The third-order valence-corrected chi connectivity index (χ3v) is 13.3. The van der Waals surface area contributed by atoms with Crippen LogP contribution < -0.4 is 0 Å². The van der Waals surface area contributed by atoms with Gasteiger partial charge in [-0.2, -0.15) is 5.26 Å². The fourth-order valence-corrected chi connectivity index (χ4v) is 11.1. The molecule has 0 fully saturated rings. The van der Waals surface area contributed by atoms with Gasteiger partial charge in [-0.15, -0.1) is 0 Å². The van der Waals surface area contributed by atoms with Crippen molar-refractivity contribution in [3.8, 4) is 39.4 Å². The quantitative estimate of drug-likeness (QED) is 0.166. The van der Waals surface area contributed by atoms with Crippen molar-refractivity contribution in [2.24, 2.45) is 0 Å². The molecular weight excluding hydrogens is 699 g/mol. The number of nitriles is 1. The van der Waals surface area contributed by atoms with Gasteiger partial charge in [-0.3, -0.25) is 0 Å². The normalized spacial score (nSPS) is 12.3. The van der Waals surface area contributed by atoms with Crippen LogP contribution in [0.3, 0.4) is 0 Å². The van der Waals surface area contributed by atoms with Crippen molar-refractivity contribution in [3.63, 3.8) is 0 Å². The number of aryl methyl sites for hydroxylation is 2. The summed E-state index contributed by atoms with van der Waals surface area (Å²) in [4.78, 5) is 0. The molecule has 0 amide bonds. The van der Waals surface area contributed by atoms with Crippen molar-refractivity contribution in [2.75, 3.05) is 0 Å². The Balaban J connectivity index is 1.27. The Morgan fingerprint density at radius 1 is 0.328 bits per heavy atom. The average molecular weight is 732 g/mol. The Bertz CT molecular complexity index is 3880. The molecule has 0 bridgehead atoms. The van der Waals surface area contributed by atoms with Gasteiger partial charge in [0, 0.05) is 0 Å². The largest absolute Gasteiger partial charge is 0.192 e. The molecule has 0 spiro atoms. The van der Waals surface area contributed by atoms with E-state index in [4.69, 9.17) is 0 Å². The Labute approximate surface area is 334 Å². The Morgan fingerprint density at radius 2 is 0.879 bits per heavy atom. The molecule has 0 saturated heterocycles. The summed E-state index contributed by atoms with van der Waals surface area (Å²) >= 11 is 0. The van der Waals surface area contributed by atoms with E-state index >= 15 is 0 Å². The van der Waals surface area contributed by atoms with Gasteiger partial charge in [-0.1, -0.05) is 133 Å². The number of nitrogens with zero attached hydrogens (tertiary/aromatic N) is 1. The van der Waals surface area contributed by atoms with Crippen LogP contribution in [-0.2, 0) is 0 Å². The predicted molar refractivity (Wildman–Crippen MR) is 248 cm³/mol. The van der Waals surface area contributed by atoms with Crippen LogP contribution >= 0.6 is 0 Å². The van der Waals surface area contributed by atoms with Gasteiger partial charge in [-0.25, -0.2) is 0 Å². The van der Waals surface area contributed by atoms with Crippen LogP contribution in [0.5, 0.6) is 0 Å². The molecule has 266 valence electrons. The minimum atomic E-state index is 0.702. The third kappa shape index (κ3) is 3.99. The maximum Gasteiger partial charge on any atom is 0.0991 e. The maximum absolute atomic E-state index is 9.77. The molecule has 58 heavy (non-hydrogen) atoms. The van der Waals surface area contributed by atoms with Crippen molar-refractivity contribution in [1.29, 1.82) is 5.26 Å². The summed E-state index contributed by atoms with van der Waals surface area (Å²) in [5.41, 5.74) is 10.4. The fourth-order valence-electron chi connectivity index (χ4n) is 11.1. The van der Waals surface area contributed by atoms with Crippen LogP contribution in [-0.4, -0.2) is 0 Å². The molecule has 13 aromatic rings. The molecule has 0 radical (unpaired) electrons. The van der Waals surface area contributed by atoms with Crippen LogP contribution in [0.2, 0.25) is 0 Å². The first-order valence-corrected chi connectivity index (χ1v) is 20.2. The molecule has 13 aromatic carbocycles. The molecule has 0 N–H and O–H groups in total. The van der Waals surface area contributed by atoms with Gasteiger partial charge >= 0.3 is 0 Å². The van der Waals surface area contributed by atoms with E-state index in [0.717, 1.165) is 11.1 Å². The summed E-state index contributed by atoms with van der Waals surface area (Å²) < 4.78 is 0. The lowest BCUT2D eigenvalue weighted by molar-refractivity contribution is 1.36. The molecular formula is C57H33N. The monoisotopic (exact) mass is 731 g/mol. The number of benzene rings is 11. The second-order valence-electron chi connectivity index (χ2n) is 16.3. The van der Waals surface area contributed by atoms with Crippen molar-refractivity contribution >= 4 is 97.0 Å². The van der Waals surface area contributed by atoms with E-state index in [-0.39, 0.29) is 0 Å². The first-order chi connectivity index (χ1) is 28.6. The highest BCUT2D eigenvalue weighted by atomic mass is 14.3. The van der Waals surface area contributed by atoms with Gasteiger partial charge in [0.05, 0.1) is 11.6 Å². The minimum Gasteiger partial charge on any atom is -0.192 e. The molecule has 0 aromatic heterocycles. The lowest BCUT2D eigenvalue weighted by Crippen LogP contribution is -1.92. The van der Waals surface area contributed by atoms with Gasteiger partial charge in [-0.05, 0) is 186 Å². The fraction of sp³-hybridized carbons (Fsp3) is 0.0351. The summed E-state index contributed by atoms with van der Waals surface area (Å²) in [7, 11) is 0. The summed E-state index contributed by atoms with van der Waals surface area (Å²) in [6.45, 7) is 4.27. The minimum absolute atomic E-state index is 0.702. The van der Waals surface area contributed by atoms with Gasteiger partial charge < -0.3 is 0 Å². The van der Waals surface area contributed by atoms with E-state index < -0.39 is 0 Å². The molecule has 0 heterocycles. The summed E-state index contributed by atoms with van der Waals surface area (Å²) in [6, 6.07) is 63.6. The van der Waals surface area contributed by atoms with E-state index in [2.05, 4.69) is 172 Å². The molecule has 1 nitrogen and oxygen atoms in total. The van der Waals surface area contributed by atoms with E-state index in [9.17, 15) is 5.26 Å². The Kier molecular flexibility index (Phi) is 6.16. The highest BCUT2D eigenvalue weighted by molar-refractivity contribution is 6.44. The highest BCUT2D eigenvalue weighted by Gasteiger charge is 2.26. The van der Waals surface area contributed by atoms with E-state index in [0.29, 0.717) is 5.56 Å². The first kappa shape index (κ1) is 31.7. The van der Waals surface area contributed by atoms with Crippen LogP contribution in [0.25, 0.3) is 130 Å². The lowest BCUT2D eigenvalue weighted by Gasteiger charge is -2.17. The van der Waals surface area contributed by atoms with E-state index in [1.807, 2.05) is 12.1 Å². The summed E-state index contributed by atoms with van der Waals surface area (Å²) in [5, 5.41) is 33.3. The zero-order valence-electron chi connectivity index (χ0n) is 32.0. The zero-order valence-corrected chi connectivity index (χ0v) is 32.0. The van der Waals surface area contributed by atoms with Gasteiger partial charge in [0.25, 0.3) is 0 Å². The molecule has 0 aliphatic rings. The molecule has 0 atom stereocenters. The molecule has 1 heteroatoms. The van der Waals surface area contributed by atoms with Gasteiger partial charge in [0.2, 0.25) is 0 Å². The molecule has 0 unspecified atom stereocenters. The SMILES string of the molecule is Cc1cc(C#N)cc(C)c1-c1ccc2c3c(-c4ccccc4)c4cc5c(cc4c(-c4ccccc4)c3c3cccc1c23)c1cc2cccc3ccc4ccc5c1c4c32. The zero-order chi connectivity index (χ0) is 38.4. The van der Waals surface area contributed by atoms with Crippen LogP contribution in [0.15, 0.2) is 164 Å². The molecule has 0 saturated carbocycles. The van der Waals surface area contributed by atoms with Crippen molar-refractivity contribution in [2.45, 2.75) is 13.8 Å². The lowest BCUT2D eigenvalue weighted by atomic mass is 9.85. The number of rotatable bonds is 3.